The van der Waals surface area contributed by atoms with Crippen molar-refractivity contribution in [3.05, 3.63) is 27.6 Å². The molecule has 3 rings (SSSR count). The number of alkyl halides is 1. The lowest BCUT2D eigenvalue weighted by Gasteiger charge is -2.14. The number of hydrogen-bond acceptors (Lipinski definition) is 1. The van der Waals surface area contributed by atoms with Gasteiger partial charge in [-0.2, -0.15) is 0 Å². The zero-order valence-electron chi connectivity index (χ0n) is 10.6. The van der Waals surface area contributed by atoms with Crippen LogP contribution in [0.4, 0.5) is 0 Å². The summed E-state index contributed by atoms with van der Waals surface area (Å²) in [5, 5.41) is -0.0441. The fourth-order valence-electron chi connectivity index (χ4n) is 2.34. The molecule has 1 aromatic heterocycles. The summed E-state index contributed by atoms with van der Waals surface area (Å²) < 4.78 is 3.53. The first-order chi connectivity index (χ1) is 8.48. The SMILES string of the molecule is CC(Cl)c1nc2cc(I)ccc2n1CC1(C)CC1. The highest BCUT2D eigenvalue weighted by atomic mass is 127. The minimum absolute atomic E-state index is 0.0441. The highest BCUT2D eigenvalue weighted by molar-refractivity contribution is 14.1. The first-order valence-electron chi connectivity index (χ1n) is 6.28. The second kappa shape index (κ2) is 4.37. The monoisotopic (exact) mass is 374 g/mol. The van der Waals surface area contributed by atoms with Crippen LogP contribution in [0.3, 0.4) is 0 Å². The summed E-state index contributed by atoms with van der Waals surface area (Å²) >= 11 is 8.61. The summed E-state index contributed by atoms with van der Waals surface area (Å²) in [4.78, 5) is 4.71. The Morgan fingerprint density at radius 1 is 1.50 bits per heavy atom. The van der Waals surface area contributed by atoms with Crippen molar-refractivity contribution in [1.82, 2.24) is 9.55 Å². The van der Waals surface area contributed by atoms with Crippen LogP contribution in [-0.4, -0.2) is 9.55 Å². The van der Waals surface area contributed by atoms with E-state index in [1.54, 1.807) is 0 Å². The largest absolute Gasteiger partial charge is 0.326 e. The summed E-state index contributed by atoms with van der Waals surface area (Å²) in [6.45, 7) is 5.38. The Balaban J connectivity index is 2.15. The molecule has 0 amide bonds. The number of imidazole rings is 1. The summed E-state index contributed by atoms with van der Waals surface area (Å²) in [5.74, 6) is 1.00. The van der Waals surface area contributed by atoms with E-state index in [2.05, 4.69) is 52.3 Å². The van der Waals surface area contributed by atoms with Crippen molar-refractivity contribution in [2.75, 3.05) is 0 Å². The molecule has 0 aliphatic heterocycles. The molecule has 1 aliphatic carbocycles. The van der Waals surface area contributed by atoms with Gasteiger partial charge in [0.25, 0.3) is 0 Å². The number of aromatic nitrogens is 2. The van der Waals surface area contributed by atoms with Crippen LogP contribution in [0.15, 0.2) is 18.2 Å². The van der Waals surface area contributed by atoms with E-state index < -0.39 is 0 Å². The van der Waals surface area contributed by atoms with Crippen molar-refractivity contribution in [2.24, 2.45) is 5.41 Å². The van der Waals surface area contributed by atoms with Crippen molar-refractivity contribution in [3.8, 4) is 0 Å². The Bertz CT molecular complexity index is 599. The van der Waals surface area contributed by atoms with Gasteiger partial charge in [0.05, 0.1) is 16.4 Å². The van der Waals surface area contributed by atoms with E-state index in [4.69, 9.17) is 16.6 Å². The van der Waals surface area contributed by atoms with E-state index in [0.29, 0.717) is 5.41 Å². The molecule has 18 heavy (non-hydrogen) atoms. The third-order valence-corrected chi connectivity index (χ3v) is 4.61. The molecule has 1 aromatic carbocycles. The molecule has 2 aromatic rings. The standard InChI is InChI=1S/C14H16ClIN2/c1-9(15)13-17-11-7-10(16)3-4-12(11)18(13)8-14(2)5-6-14/h3-4,7,9H,5-6,8H2,1-2H3. The average molecular weight is 375 g/mol. The van der Waals surface area contributed by atoms with Gasteiger partial charge in [-0.05, 0) is 66.0 Å². The molecule has 1 aliphatic rings. The van der Waals surface area contributed by atoms with Gasteiger partial charge in [0.2, 0.25) is 0 Å². The molecular weight excluding hydrogens is 359 g/mol. The normalized spacial score (nSPS) is 19.1. The number of fused-ring (bicyclic) bond motifs is 1. The van der Waals surface area contributed by atoms with Crippen molar-refractivity contribution in [3.63, 3.8) is 0 Å². The van der Waals surface area contributed by atoms with E-state index in [0.717, 1.165) is 17.9 Å². The van der Waals surface area contributed by atoms with E-state index in [1.165, 1.54) is 21.9 Å². The minimum atomic E-state index is -0.0441. The lowest BCUT2D eigenvalue weighted by atomic mass is 10.1. The molecule has 2 nitrogen and oxygen atoms in total. The fourth-order valence-corrected chi connectivity index (χ4v) is 2.99. The third-order valence-electron chi connectivity index (χ3n) is 3.74. The summed E-state index contributed by atoms with van der Waals surface area (Å²) in [7, 11) is 0. The van der Waals surface area contributed by atoms with E-state index in [1.807, 2.05) is 6.92 Å². The van der Waals surface area contributed by atoms with Crippen molar-refractivity contribution >= 4 is 45.2 Å². The molecule has 0 N–H and O–H groups in total. The van der Waals surface area contributed by atoms with Crippen LogP contribution in [0, 0.1) is 8.99 Å². The number of halogens is 2. The number of hydrogen-bond donors (Lipinski definition) is 0. The molecule has 0 bridgehead atoms. The second-order valence-electron chi connectivity index (χ2n) is 5.62. The van der Waals surface area contributed by atoms with Gasteiger partial charge in [-0.15, -0.1) is 11.6 Å². The van der Waals surface area contributed by atoms with Crippen molar-refractivity contribution in [2.45, 2.75) is 38.6 Å². The Labute approximate surface area is 126 Å². The summed E-state index contributed by atoms with van der Waals surface area (Å²) in [5.41, 5.74) is 2.73. The van der Waals surface area contributed by atoms with Crippen LogP contribution < -0.4 is 0 Å². The average Bonchev–Trinajstić information content (AvgIpc) is 2.91. The van der Waals surface area contributed by atoms with Gasteiger partial charge in [0.1, 0.15) is 5.82 Å². The van der Waals surface area contributed by atoms with Gasteiger partial charge in [0, 0.05) is 10.1 Å². The van der Waals surface area contributed by atoms with Crippen LogP contribution in [0.1, 0.15) is 37.9 Å². The van der Waals surface area contributed by atoms with E-state index >= 15 is 0 Å². The molecule has 1 atom stereocenters. The molecule has 96 valence electrons. The Kier molecular flexibility index (Phi) is 3.09. The van der Waals surface area contributed by atoms with Gasteiger partial charge in [-0.25, -0.2) is 4.98 Å². The Hall–Kier alpha value is -0.290. The number of nitrogens with zero attached hydrogens (tertiary/aromatic N) is 2. The van der Waals surface area contributed by atoms with Crippen molar-refractivity contribution < 1.29 is 0 Å². The first kappa shape index (κ1) is 12.7. The zero-order chi connectivity index (χ0) is 12.9. The maximum Gasteiger partial charge on any atom is 0.127 e. The van der Waals surface area contributed by atoms with Crippen LogP contribution in [-0.2, 0) is 6.54 Å². The van der Waals surface area contributed by atoms with Gasteiger partial charge in [-0.3, -0.25) is 0 Å². The fraction of sp³-hybridized carbons (Fsp3) is 0.500. The van der Waals surface area contributed by atoms with Gasteiger partial charge in [0.15, 0.2) is 0 Å². The molecule has 4 heteroatoms. The molecule has 1 heterocycles. The summed E-state index contributed by atoms with van der Waals surface area (Å²) in [6, 6.07) is 6.43. The van der Waals surface area contributed by atoms with Crippen LogP contribution in [0.25, 0.3) is 11.0 Å². The highest BCUT2D eigenvalue weighted by Gasteiger charge is 2.38. The minimum Gasteiger partial charge on any atom is -0.326 e. The zero-order valence-corrected chi connectivity index (χ0v) is 13.5. The molecular formula is C14H16ClIN2. The topological polar surface area (TPSA) is 17.8 Å². The molecule has 0 saturated heterocycles. The predicted octanol–water partition coefficient (Wildman–Crippen LogP) is 4.74. The number of rotatable bonds is 3. The molecule has 0 radical (unpaired) electrons. The summed E-state index contributed by atoms with van der Waals surface area (Å²) in [6.07, 6.45) is 2.63. The van der Waals surface area contributed by atoms with Crippen LogP contribution >= 0.6 is 34.2 Å². The Morgan fingerprint density at radius 3 is 2.83 bits per heavy atom. The Morgan fingerprint density at radius 2 is 2.22 bits per heavy atom. The lowest BCUT2D eigenvalue weighted by Crippen LogP contribution is -2.11. The second-order valence-corrected chi connectivity index (χ2v) is 7.52. The van der Waals surface area contributed by atoms with Gasteiger partial charge < -0.3 is 4.57 Å². The maximum absolute atomic E-state index is 6.28. The maximum atomic E-state index is 6.28. The van der Waals surface area contributed by atoms with Crippen LogP contribution in [0.2, 0.25) is 0 Å². The molecule has 1 fully saturated rings. The first-order valence-corrected chi connectivity index (χ1v) is 7.80. The van der Waals surface area contributed by atoms with Crippen LogP contribution in [0.5, 0.6) is 0 Å². The van der Waals surface area contributed by atoms with E-state index in [9.17, 15) is 0 Å². The third kappa shape index (κ3) is 2.27. The molecule has 1 saturated carbocycles. The quantitative estimate of drug-likeness (QED) is 0.560. The number of benzene rings is 1. The predicted molar refractivity (Wildman–Crippen MR) is 84.1 cm³/mol. The smallest absolute Gasteiger partial charge is 0.127 e. The van der Waals surface area contributed by atoms with Gasteiger partial charge in [-0.1, -0.05) is 6.92 Å². The highest BCUT2D eigenvalue weighted by Crippen LogP contribution is 2.47. The van der Waals surface area contributed by atoms with Gasteiger partial charge >= 0.3 is 0 Å². The molecule has 1 unspecified atom stereocenters. The molecule has 0 spiro atoms. The lowest BCUT2D eigenvalue weighted by molar-refractivity contribution is 0.461. The van der Waals surface area contributed by atoms with E-state index in [-0.39, 0.29) is 5.38 Å². The van der Waals surface area contributed by atoms with Crippen molar-refractivity contribution in [1.29, 1.82) is 0 Å².